The van der Waals surface area contributed by atoms with Crippen LogP contribution >= 0.6 is 23.5 Å². The predicted molar refractivity (Wildman–Crippen MR) is 86.0 cm³/mol. The molecule has 7 heteroatoms. The summed E-state index contributed by atoms with van der Waals surface area (Å²) >= 11 is 7.44. The van der Waals surface area contributed by atoms with Gasteiger partial charge in [-0.25, -0.2) is 9.97 Å². The summed E-state index contributed by atoms with van der Waals surface area (Å²) in [5.74, 6) is 0.666. The quantitative estimate of drug-likeness (QED) is 0.653. The smallest absolute Gasteiger partial charge is 0.135 e. The number of nitrogens with zero attached hydrogens (tertiary/aromatic N) is 3. The van der Waals surface area contributed by atoms with Crippen LogP contribution in [0.2, 0.25) is 5.15 Å². The number of hydrogen-bond acceptors (Lipinski definition) is 6. The molecule has 2 aromatic rings. The maximum Gasteiger partial charge on any atom is 0.135 e. The van der Waals surface area contributed by atoms with Gasteiger partial charge in [-0.05, 0) is 37.2 Å². The van der Waals surface area contributed by atoms with Gasteiger partial charge >= 0.3 is 0 Å². The SMILES string of the molecule is CNSc1ccc(N(C)C)c(Nc2cc(Cl)ncn2)c1. The Morgan fingerprint density at radius 1 is 1.20 bits per heavy atom. The number of benzene rings is 1. The van der Waals surface area contributed by atoms with Gasteiger partial charge in [-0.3, -0.25) is 4.72 Å². The van der Waals surface area contributed by atoms with Crippen LogP contribution in [0.25, 0.3) is 0 Å². The van der Waals surface area contributed by atoms with Crippen LogP contribution < -0.4 is 14.9 Å². The average molecular weight is 310 g/mol. The number of halogens is 1. The van der Waals surface area contributed by atoms with Gasteiger partial charge in [0.05, 0.1) is 11.4 Å². The molecule has 0 amide bonds. The first-order chi connectivity index (χ1) is 9.60. The number of nitrogens with one attached hydrogen (secondary N) is 2. The van der Waals surface area contributed by atoms with Crippen molar-refractivity contribution in [3.63, 3.8) is 0 Å². The molecule has 0 aliphatic rings. The van der Waals surface area contributed by atoms with Gasteiger partial charge in [0.25, 0.3) is 0 Å². The number of aromatic nitrogens is 2. The van der Waals surface area contributed by atoms with E-state index in [1.54, 1.807) is 18.0 Å². The van der Waals surface area contributed by atoms with E-state index in [1.165, 1.54) is 6.33 Å². The molecule has 1 aromatic carbocycles. The molecule has 0 aliphatic heterocycles. The molecule has 0 aliphatic carbocycles. The summed E-state index contributed by atoms with van der Waals surface area (Å²) in [5.41, 5.74) is 2.03. The molecule has 0 saturated heterocycles. The number of anilines is 3. The summed E-state index contributed by atoms with van der Waals surface area (Å²) < 4.78 is 3.06. The molecule has 20 heavy (non-hydrogen) atoms. The highest BCUT2D eigenvalue weighted by Crippen LogP contribution is 2.31. The van der Waals surface area contributed by atoms with Crippen molar-refractivity contribution in [1.82, 2.24) is 14.7 Å². The molecule has 0 bridgehead atoms. The molecule has 0 atom stereocenters. The topological polar surface area (TPSA) is 53.1 Å². The van der Waals surface area contributed by atoms with E-state index in [0.717, 1.165) is 16.3 Å². The maximum atomic E-state index is 5.88. The second-order valence-corrected chi connectivity index (χ2v) is 5.70. The molecule has 0 saturated carbocycles. The second kappa shape index (κ2) is 6.78. The third-order valence-electron chi connectivity index (χ3n) is 2.57. The van der Waals surface area contributed by atoms with Gasteiger partial charge in [0.2, 0.25) is 0 Å². The third kappa shape index (κ3) is 3.75. The summed E-state index contributed by atoms with van der Waals surface area (Å²) in [5, 5.41) is 3.69. The summed E-state index contributed by atoms with van der Waals surface area (Å²) in [7, 11) is 5.89. The van der Waals surface area contributed by atoms with Gasteiger partial charge in [-0.15, -0.1) is 0 Å². The van der Waals surface area contributed by atoms with Crippen LogP contribution in [0.5, 0.6) is 0 Å². The largest absolute Gasteiger partial charge is 0.376 e. The fourth-order valence-corrected chi connectivity index (χ4v) is 2.42. The van der Waals surface area contributed by atoms with Crippen molar-refractivity contribution in [2.45, 2.75) is 4.90 Å². The van der Waals surface area contributed by atoms with Crippen LogP contribution in [0.4, 0.5) is 17.2 Å². The lowest BCUT2D eigenvalue weighted by atomic mass is 10.2. The van der Waals surface area contributed by atoms with E-state index in [9.17, 15) is 0 Å². The Labute approximate surface area is 127 Å². The van der Waals surface area contributed by atoms with Crippen molar-refractivity contribution >= 4 is 40.7 Å². The zero-order valence-corrected chi connectivity index (χ0v) is 13.1. The van der Waals surface area contributed by atoms with Gasteiger partial charge in [-0.1, -0.05) is 11.6 Å². The van der Waals surface area contributed by atoms with Crippen LogP contribution in [-0.4, -0.2) is 31.1 Å². The van der Waals surface area contributed by atoms with Crippen molar-refractivity contribution in [2.75, 3.05) is 31.4 Å². The molecule has 1 aromatic heterocycles. The average Bonchev–Trinajstić information content (AvgIpc) is 2.39. The lowest BCUT2D eigenvalue weighted by Crippen LogP contribution is -2.11. The fourth-order valence-electron chi connectivity index (χ4n) is 1.73. The summed E-state index contributed by atoms with van der Waals surface area (Å²) in [4.78, 5) is 11.2. The van der Waals surface area contributed by atoms with Gasteiger partial charge in [0, 0.05) is 25.1 Å². The highest BCUT2D eigenvalue weighted by Gasteiger charge is 2.08. The Morgan fingerprint density at radius 2 is 2.00 bits per heavy atom. The summed E-state index contributed by atoms with van der Waals surface area (Å²) in [6, 6.07) is 7.88. The Balaban J connectivity index is 2.34. The molecule has 0 fully saturated rings. The summed E-state index contributed by atoms with van der Waals surface area (Å²) in [6.07, 6.45) is 1.44. The van der Waals surface area contributed by atoms with Crippen molar-refractivity contribution in [3.8, 4) is 0 Å². The monoisotopic (exact) mass is 309 g/mol. The van der Waals surface area contributed by atoms with Crippen molar-refractivity contribution in [2.24, 2.45) is 0 Å². The van der Waals surface area contributed by atoms with E-state index in [4.69, 9.17) is 11.6 Å². The standard InChI is InChI=1S/C13H16ClN5S/c1-15-20-9-4-5-11(19(2)3)10(6-9)18-13-7-12(14)16-8-17-13/h4-8,15H,1-3H3,(H,16,17,18). The molecule has 2 N–H and O–H groups in total. The van der Waals surface area contributed by atoms with E-state index in [0.29, 0.717) is 11.0 Å². The minimum absolute atomic E-state index is 0.412. The van der Waals surface area contributed by atoms with Crippen molar-refractivity contribution in [1.29, 1.82) is 0 Å². The zero-order valence-electron chi connectivity index (χ0n) is 11.5. The number of hydrogen-bond donors (Lipinski definition) is 2. The van der Waals surface area contributed by atoms with Crippen molar-refractivity contribution in [3.05, 3.63) is 35.7 Å². The first kappa shape index (κ1) is 14.9. The van der Waals surface area contributed by atoms with E-state index in [1.807, 2.05) is 26.0 Å². The molecular weight excluding hydrogens is 294 g/mol. The van der Waals surface area contributed by atoms with Gasteiger partial charge in [0.1, 0.15) is 17.3 Å². The van der Waals surface area contributed by atoms with Crippen molar-refractivity contribution < 1.29 is 0 Å². The van der Waals surface area contributed by atoms with Gasteiger partial charge in [-0.2, -0.15) is 0 Å². The lowest BCUT2D eigenvalue weighted by Gasteiger charge is -2.19. The minimum atomic E-state index is 0.412. The molecule has 1 heterocycles. The Morgan fingerprint density at radius 3 is 2.65 bits per heavy atom. The zero-order chi connectivity index (χ0) is 14.5. The predicted octanol–water partition coefficient (Wildman–Crippen LogP) is 3.17. The molecule has 5 nitrogen and oxygen atoms in total. The maximum absolute atomic E-state index is 5.88. The molecular formula is C13H16ClN5S. The van der Waals surface area contributed by atoms with E-state index < -0.39 is 0 Å². The number of rotatable bonds is 5. The van der Waals surface area contributed by atoms with Crippen LogP contribution in [0.15, 0.2) is 35.5 Å². The lowest BCUT2D eigenvalue weighted by molar-refractivity contribution is 1.12. The summed E-state index contributed by atoms with van der Waals surface area (Å²) in [6.45, 7) is 0. The molecule has 106 valence electrons. The van der Waals surface area contributed by atoms with Crippen LogP contribution in [0, 0.1) is 0 Å². The Bertz CT molecular complexity index is 591. The second-order valence-electron chi connectivity index (χ2n) is 4.23. The van der Waals surface area contributed by atoms with Gasteiger partial charge < -0.3 is 10.2 Å². The van der Waals surface area contributed by atoms with Gasteiger partial charge in [0.15, 0.2) is 0 Å². The van der Waals surface area contributed by atoms with Crippen LogP contribution in [0.3, 0.4) is 0 Å². The Hall–Kier alpha value is -1.50. The van der Waals surface area contributed by atoms with E-state index in [2.05, 4.69) is 38.2 Å². The highest BCUT2D eigenvalue weighted by molar-refractivity contribution is 7.97. The third-order valence-corrected chi connectivity index (χ3v) is 3.47. The minimum Gasteiger partial charge on any atom is -0.376 e. The van der Waals surface area contributed by atoms with Crippen LogP contribution in [-0.2, 0) is 0 Å². The fraction of sp³-hybridized carbons (Fsp3) is 0.231. The molecule has 0 radical (unpaired) electrons. The first-order valence-electron chi connectivity index (χ1n) is 5.99. The first-order valence-corrected chi connectivity index (χ1v) is 7.19. The van der Waals surface area contributed by atoms with Crippen LogP contribution in [0.1, 0.15) is 0 Å². The van der Waals surface area contributed by atoms with E-state index >= 15 is 0 Å². The Kier molecular flexibility index (Phi) is 5.05. The van der Waals surface area contributed by atoms with E-state index in [-0.39, 0.29) is 0 Å². The molecule has 0 unspecified atom stereocenters. The molecule has 0 spiro atoms. The highest BCUT2D eigenvalue weighted by atomic mass is 35.5. The normalized spacial score (nSPS) is 10.4. The molecule has 2 rings (SSSR count).